The molecule has 1 aliphatic carbocycles. The fourth-order valence-electron chi connectivity index (χ4n) is 3.44. The van der Waals surface area contributed by atoms with Gasteiger partial charge >= 0.3 is 5.97 Å². The number of benzene rings is 2. The predicted octanol–water partition coefficient (Wildman–Crippen LogP) is 5.24. The Hall–Kier alpha value is -3.18. The molecule has 6 heteroatoms. The van der Waals surface area contributed by atoms with E-state index in [1.165, 1.54) is 18.2 Å². The summed E-state index contributed by atoms with van der Waals surface area (Å²) in [6.07, 6.45) is 6.19. The molecule has 0 radical (unpaired) electrons. The van der Waals surface area contributed by atoms with Crippen molar-refractivity contribution in [3.05, 3.63) is 94.7 Å². The second kappa shape index (κ2) is 6.77. The van der Waals surface area contributed by atoms with Crippen LogP contribution in [0.4, 0.5) is 10.1 Å². The molecule has 4 rings (SSSR count). The average molecular weight is 395 g/mol. The third-order valence-electron chi connectivity index (χ3n) is 4.84. The molecule has 28 heavy (non-hydrogen) atoms. The van der Waals surface area contributed by atoms with E-state index in [-0.39, 0.29) is 28.2 Å². The van der Waals surface area contributed by atoms with E-state index in [9.17, 15) is 9.90 Å². The maximum absolute atomic E-state index is 15.8. The van der Waals surface area contributed by atoms with Crippen molar-refractivity contribution in [3.63, 3.8) is 0 Å². The fraction of sp³-hybridized carbons (Fsp3) is 0.0909. The number of fused-ring (bicyclic) bond motifs is 1. The molecule has 3 aromatic rings. The summed E-state index contributed by atoms with van der Waals surface area (Å²) in [5.41, 5.74) is 4.75. The van der Waals surface area contributed by atoms with Crippen LogP contribution < -0.4 is 5.73 Å². The predicted molar refractivity (Wildman–Crippen MR) is 108 cm³/mol. The van der Waals surface area contributed by atoms with Gasteiger partial charge in [0.2, 0.25) is 0 Å². The molecule has 0 bridgehead atoms. The number of allylic oxidation sites excluding steroid dienone is 4. The van der Waals surface area contributed by atoms with Gasteiger partial charge in [-0.2, -0.15) is 0 Å². The minimum Gasteiger partial charge on any atom is -0.478 e. The van der Waals surface area contributed by atoms with Gasteiger partial charge in [0.25, 0.3) is 0 Å². The second-order valence-corrected chi connectivity index (χ2v) is 7.07. The lowest BCUT2D eigenvalue weighted by atomic mass is 9.86. The van der Waals surface area contributed by atoms with Crippen molar-refractivity contribution in [1.82, 2.24) is 4.98 Å². The molecule has 0 saturated carbocycles. The van der Waals surface area contributed by atoms with Crippen molar-refractivity contribution in [3.8, 4) is 0 Å². The molecule has 0 aliphatic heterocycles. The van der Waals surface area contributed by atoms with Crippen LogP contribution in [0, 0.1) is 0 Å². The molecule has 2 aromatic carbocycles. The Kier molecular flexibility index (Phi) is 4.40. The van der Waals surface area contributed by atoms with Gasteiger partial charge in [0, 0.05) is 16.3 Å². The number of nitrogens with two attached hydrogens (primary N) is 1. The minimum atomic E-state index is -2.10. The highest BCUT2D eigenvalue weighted by atomic mass is 35.5. The fourth-order valence-corrected chi connectivity index (χ4v) is 3.61. The molecule has 1 aliphatic rings. The summed E-state index contributed by atoms with van der Waals surface area (Å²) >= 11 is 5.98. The Labute approximate surface area is 165 Å². The third-order valence-corrected chi connectivity index (χ3v) is 5.07. The Morgan fingerprint density at radius 1 is 1.14 bits per heavy atom. The summed E-state index contributed by atoms with van der Waals surface area (Å²) in [6, 6.07) is 14.3. The summed E-state index contributed by atoms with van der Waals surface area (Å²) in [5, 5.41) is 10.3. The van der Waals surface area contributed by atoms with E-state index >= 15 is 4.39 Å². The van der Waals surface area contributed by atoms with Crippen LogP contribution in [0.1, 0.15) is 27.5 Å². The number of halogens is 2. The number of aromatic nitrogens is 1. The molecule has 0 spiro atoms. The maximum Gasteiger partial charge on any atom is 0.338 e. The van der Waals surface area contributed by atoms with Crippen LogP contribution in [0.5, 0.6) is 0 Å². The summed E-state index contributed by atoms with van der Waals surface area (Å²) in [6.45, 7) is 0. The van der Waals surface area contributed by atoms with E-state index in [0.29, 0.717) is 10.5 Å². The number of aromatic carboxylic acids is 1. The van der Waals surface area contributed by atoms with Crippen LogP contribution in [-0.4, -0.2) is 16.1 Å². The Morgan fingerprint density at radius 3 is 2.46 bits per heavy atom. The molecular formula is C22H16ClFN2O2. The highest BCUT2D eigenvalue weighted by Crippen LogP contribution is 2.40. The quantitative estimate of drug-likeness (QED) is 0.595. The summed E-state index contributed by atoms with van der Waals surface area (Å²) in [7, 11) is 0. The van der Waals surface area contributed by atoms with Crippen molar-refractivity contribution >= 4 is 34.2 Å². The van der Waals surface area contributed by atoms with E-state index in [4.69, 9.17) is 17.3 Å². The number of rotatable bonds is 3. The molecule has 0 atom stereocenters. The van der Waals surface area contributed by atoms with Gasteiger partial charge in [0.15, 0.2) is 5.67 Å². The van der Waals surface area contributed by atoms with Gasteiger partial charge in [-0.3, -0.25) is 0 Å². The number of anilines is 1. The van der Waals surface area contributed by atoms with E-state index < -0.39 is 11.6 Å². The SMILES string of the molecule is Nc1c(C2(F)C=CC(c3ccccc3)C=C2)nc2ccc(Cl)cc2c1C(=O)O. The molecule has 1 heterocycles. The van der Waals surface area contributed by atoms with Gasteiger partial charge < -0.3 is 10.8 Å². The summed E-state index contributed by atoms with van der Waals surface area (Å²) in [5.74, 6) is -1.34. The van der Waals surface area contributed by atoms with Gasteiger partial charge in [-0.1, -0.05) is 54.1 Å². The maximum atomic E-state index is 15.8. The van der Waals surface area contributed by atoms with Crippen LogP contribution >= 0.6 is 11.6 Å². The molecule has 0 unspecified atom stereocenters. The molecule has 0 amide bonds. The molecule has 1 aromatic heterocycles. The number of carbonyl (C=O) groups is 1. The molecule has 140 valence electrons. The smallest absolute Gasteiger partial charge is 0.338 e. The number of carboxylic acids is 1. The Balaban J connectivity index is 1.83. The lowest BCUT2D eigenvalue weighted by molar-refractivity contribution is 0.0700. The van der Waals surface area contributed by atoms with Gasteiger partial charge in [-0.05, 0) is 35.9 Å². The first-order chi connectivity index (χ1) is 13.4. The van der Waals surface area contributed by atoms with Crippen molar-refractivity contribution in [2.45, 2.75) is 11.6 Å². The van der Waals surface area contributed by atoms with Crippen LogP contribution in [0.25, 0.3) is 10.9 Å². The minimum absolute atomic E-state index is 0.0792. The first-order valence-corrected chi connectivity index (χ1v) is 9.02. The van der Waals surface area contributed by atoms with Crippen molar-refractivity contribution in [1.29, 1.82) is 0 Å². The number of hydrogen-bond donors (Lipinski definition) is 2. The van der Waals surface area contributed by atoms with E-state index in [1.807, 2.05) is 30.3 Å². The van der Waals surface area contributed by atoms with E-state index in [1.54, 1.807) is 24.3 Å². The van der Waals surface area contributed by atoms with Gasteiger partial charge in [-0.25, -0.2) is 14.2 Å². The topological polar surface area (TPSA) is 76.2 Å². The van der Waals surface area contributed by atoms with Crippen molar-refractivity contribution < 1.29 is 14.3 Å². The summed E-state index contributed by atoms with van der Waals surface area (Å²) in [4.78, 5) is 16.1. The Bertz CT molecular complexity index is 1130. The molecular weight excluding hydrogens is 379 g/mol. The zero-order chi connectivity index (χ0) is 19.9. The number of carboxylic acid groups (broad SMARTS) is 1. The van der Waals surface area contributed by atoms with Crippen LogP contribution in [-0.2, 0) is 5.67 Å². The van der Waals surface area contributed by atoms with E-state index in [2.05, 4.69) is 4.98 Å². The number of nitrogens with zero attached hydrogens (tertiary/aromatic N) is 1. The molecule has 4 nitrogen and oxygen atoms in total. The van der Waals surface area contributed by atoms with Gasteiger partial charge in [0.05, 0.1) is 16.8 Å². The average Bonchev–Trinajstić information content (AvgIpc) is 2.68. The number of hydrogen-bond acceptors (Lipinski definition) is 3. The summed E-state index contributed by atoms with van der Waals surface area (Å²) < 4.78 is 15.8. The number of alkyl halides is 1. The highest BCUT2D eigenvalue weighted by molar-refractivity contribution is 6.31. The first-order valence-electron chi connectivity index (χ1n) is 8.64. The Morgan fingerprint density at radius 2 is 1.82 bits per heavy atom. The van der Waals surface area contributed by atoms with Crippen molar-refractivity contribution in [2.75, 3.05) is 5.73 Å². The lowest BCUT2D eigenvalue weighted by Crippen LogP contribution is -2.23. The normalized spacial score (nSPS) is 21.1. The van der Waals surface area contributed by atoms with Crippen LogP contribution in [0.2, 0.25) is 5.02 Å². The molecule has 3 N–H and O–H groups in total. The van der Waals surface area contributed by atoms with Crippen molar-refractivity contribution in [2.24, 2.45) is 0 Å². The van der Waals surface area contributed by atoms with Crippen LogP contribution in [0.15, 0.2) is 72.8 Å². The number of pyridine rings is 1. The standard InChI is InChI=1S/C22H16ClFN2O2/c23-15-6-7-17-16(12-15)18(21(27)28)19(25)20(26-17)22(24)10-8-14(9-11-22)13-4-2-1-3-5-13/h1-12,14H,25H2,(H,27,28). The second-order valence-electron chi connectivity index (χ2n) is 6.64. The monoisotopic (exact) mass is 394 g/mol. The van der Waals surface area contributed by atoms with Crippen LogP contribution in [0.3, 0.4) is 0 Å². The molecule has 0 saturated heterocycles. The van der Waals surface area contributed by atoms with Gasteiger partial charge in [-0.15, -0.1) is 0 Å². The van der Waals surface area contributed by atoms with E-state index in [0.717, 1.165) is 5.56 Å². The molecule has 0 fully saturated rings. The third kappa shape index (κ3) is 3.04. The zero-order valence-corrected chi connectivity index (χ0v) is 15.4. The lowest BCUT2D eigenvalue weighted by Gasteiger charge is -2.25. The number of nitrogen functional groups attached to an aromatic ring is 1. The largest absolute Gasteiger partial charge is 0.478 e. The first kappa shape index (κ1) is 18.2. The van der Waals surface area contributed by atoms with Gasteiger partial charge in [0.1, 0.15) is 5.69 Å². The highest BCUT2D eigenvalue weighted by Gasteiger charge is 2.35. The zero-order valence-electron chi connectivity index (χ0n) is 14.6.